The third-order valence-corrected chi connectivity index (χ3v) is 2.95. The van der Waals surface area contributed by atoms with E-state index in [-0.39, 0.29) is 5.91 Å². The molecule has 2 N–H and O–H groups in total. The fourth-order valence-electron chi connectivity index (χ4n) is 2.14. The number of nitrogens with zero attached hydrogens (tertiary/aromatic N) is 2. The number of nitrogen functional groups attached to an aromatic ring is 1. The minimum absolute atomic E-state index is 0.0915. The van der Waals surface area contributed by atoms with Crippen LogP contribution in [0.5, 0.6) is 0 Å². The number of hydrogen-bond donors (Lipinski definition) is 1. The van der Waals surface area contributed by atoms with Gasteiger partial charge in [0.05, 0.1) is 5.52 Å². The molecule has 1 amide bonds. The van der Waals surface area contributed by atoms with E-state index in [1.54, 1.807) is 18.0 Å². The topological polar surface area (TPSA) is 59.2 Å². The lowest BCUT2D eigenvalue weighted by atomic mass is 10.1. The van der Waals surface area contributed by atoms with E-state index in [0.717, 1.165) is 10.9 Å². The van der Waals surface area contributed by atoms with Gasteiger partial charge in [-0.25, -0.2) is 4.98 Å². The molecule has 4 heteroatoms. The van der Waals surface area contributed by atoms with Crippen molar-refractivity contribution in [2.75, 3.05) is 19.3 Å². The number of rotatable bonds is 3. The summed E-state index contributed by atoms with van der Waals surface area (Å²) in [5, 5.41) is 0.880. The van der Waals surface area contributed by atoms with Gasteiger partial charge in [-0.1, -0.05) is 32.0 Å². The minimum Gasteiger partial charge on any atom is -0.398 e. The van der Waals surface area contributed by atoms with Crippen molar-refractivity contribution < 1.29 is 4.79 Å². The highest BCUT2D eigenvalue weighted by atomic mass is 16.2. The quantitative estimate of drug-likeness (QED) is 0.919. The molecule has 0 spiro atoms. The van der Waals surface area contributed by atoms with Crippen LogP contribution in [-0.2, 0) is 0 Å². The molecule has 0 aliphatic rings. The number of benzene rings is 1. The molecule has 0 aliphatic heterocycles. The molecule has 1 aromatic carbocycles. The molecule has 0 bridgehead atoms. The zero-order chi connectivity index (χ0) is 14.0. The van der Waals surface area contributed by atoms with Gasteiger partial charge in [0, 0.05) is 24.7 Å². The van der Waals surface area contributed by atoms with Crippen molar-refractivity contribution >= 4 is 22.5 Å². The Morgan fingerprint density at radius 2 is 2.05 bits per heavy atom. The number of carbonyl (C=O) groups excluding carboxylic acids is 1. The van der Waals surface area contributed by atoms with Crippen molar-refractivity contribution in [3.05, 3.63) is 36.0 Å². The predicted octanol–water partition coefficient (Wildman–Crippen LogP) is 2.55. The van der Waals surface area contributed by atoms with E-state index in [1.807, 2.05) is 24.3 Å². The number of nitrogens with two attached hydrogens (primary N) is 1. The van der Waals surface area contributed by atoms with E-state index in [1.165, 1.54) is 0 Å². The largest absolute Gasteiger partial charge is 0.398 e. The summed E-state index contributed by atoms with van der Waals surface area (Å²) < 4.78 is 0. The number of para-hydroxylation sites is 1. The SMILES string of the molecule is CC(C)CN(C)C(=O)c1cc(N)c2ccccc2n1. The van der Waals surface area contributed by atoms with Crippen LogP contribution >= 0.6 is 0 Å². The van der Waals surface area contributed by atoms with Crippen LogP contribution in [0.3, 0.4) is 0 Å². The summed E-state index contributed by atoms with van der Waals surface area (Å²) in [4.78, 5) is 18.4. The molecule has 2 rings (SSSR count). The molecule has 0 saturated heterocycles. The van der Waals surface area contributed by atoms with Crippen LogP contribution in [0.25, 0.3) is 10.9 Å². The maximum absolute atomic E-state index is 12.3. The Hall–Kier alpha value is -2.10. The zero-order valence-corrected chi connectivity index (χ0v) is 11.6. The Morgan fingerprint density at radius 1 is 1.37 bits per heavy atom. The minimum atomic E-state index is -0.0915. The maximum Gasteiger partial charge on any atom is 0.272 e. The van der Waals surface area contributed by atoms with Gasteiger partial charge < -0.3 is 10.6 Å². The summed E-state index contributed by atoms with van der Waals surface area (Å²) in [6.45, 7) is 4.85. The van der Waals surface area contributed by atoms with Gasteiger partial charge in [0.15, 0.2) is 0 Å². The number of aromatic nitrogens is 1. The zero-order valence-electron chi connectivity index (χ0n) is 11.6. The average molecular weight is 257 g/mol. The van der Waals surface area contributed by atoms with Gasteiger partial charge in [0.2, 0.25) is 0 Å². The monoisotopic (exact) mass is 257 g/mol. The van der Waals surface area contributed by atoms with Crippen LogP contribution in [0, 0.1) is 5.92 Å². The van der Waals surface area contributed by atoms with Gasteiger partial charge >= 0.3 is 0 Å². The molecule has 0 atom stereocenters. The van der Waals surface area contributed by atoms with E-state index >= 15 is 0 Å². The molecule has 19 heavy (non-hydrogen) atoms. The second-order valence-corrected chi connectivity index (χ2v) is 5.19. The van der Waals surface area contributed by atoms with E-state index in [4.69, 9.17) is 5.73 Å². The molecule has 4 nitrogen and oxygen atoms in total. The molecule has 1 heterocycles. The summed E-state index contributed by atoms with van der Waals surface area (Å²) in [5.41, 5.74) is 7.73. The van der Waals surface area contributed by atoms with Crippen LogP contribution in [0.15, 0.2) is 30.3 Å². The van der Waals surface area contributed by atoms with E-state index in [0.29, 0.717) is 23.8 Å². The highest BCUT2D eigenvalue weighted by Crippen LogP contribution is 2.20. The normalized spacial score (nSPS) is 10.9. The Labute approximate surface area is 113 Å². The fraction of sp³-hybridized carbons (Fsp3) is 0.333. The Morgan fingerprint density at radius 3 is 2.74 bits per heavy atom. The first-order chi connectivity index (χ1) is 8.99. The lowest BCUT2D eigenvalue weighted by molar-refractivity contribution is 0.0774. The van der Waals surface area contributed by atoms with Crippen molar-refractivity contribution in [3.63, 3.8) is 0 Å². The van der Waals surface area contributed by atoms with Gasteiger partial charge in [0.1, 0.15) is 5.69 Å². The molecule has 2 aromatic rings. The number of anilines is 1. The highest BCUT2D eigenvalue weighted by molar-refractivity contribution is 5.99. The molecule has 0 radical (unpaired) electrons. The summed E-state index contributed by atoms with van der Waals surface area (Å²) in [6, 6.07) is 9.23. The van der Waals surface area contributed by atoms with E-state index < -0.39 is 0 Å². The number of amides is 1. The molecule has 0 unspecified atom stereocenters. The lowest BCUT2D eigenvalue weighted by Crippen LogP contribution is -2.31. The molecular formula is C15H19N3O. The van der Waals surface area contributed by atoms with Crippen molar-refractivity contribution in [1.82, 2.24) is 9.88 Å². The number of fused-ring (bicyclic) bond motifs is 1. The molecule has 0 aliphatic carbocycles. The third-order valence-electron chi connectivity index (χ3n) is 2.95. The van der Waals surface area contributed by atoms with Gasteiger partial charge in [-0.15, -0.1) is 0 Å². The summed E-state index contributed by atoms with van der Waals surface area (Å²) >= 11 is 0. The smallest absolute Gasteiger partial charge is 0.272 e. The van der Waals surface area contributed by atoms with Gasteiger partial charge in [0.25, 0.3) is 5.91 Å². The van der Waals surface area contributed by atoms with Crippen molar-refractivity contribution in [2.45, 2.75) is 13.8 Å². The van der Waals surface area contributed by atoms with Crippen molar-refractivity contribution in [1.29, 1.82) is 0 Å². The fourth-order valence-corrected chi connectivity index (χ4v) is 2.14. The predicted molar refractivity (Wildman–Crippen MR) is 78.0 cm³/mol. The highest BCUT2D eigenvalue weighted by Gasteiger charge is 2.15. The summed E-state index contributed by atoms with van der Waals surface area (Å²) in [5.74, 6) is 0.331. The first kappa shape index (κ1) is 13.3. The molecule has 100 valence electrons. The Kier molecular flexibility index (Phi) is 3.69. The number of hydrogen-bond acceptors (Lipinski definition) is 3. The molecule has 1 aromatic heterocycles. The molecule has 0 fully saturated rings. The van der Waals surface area contributed by atoms with Gasteiger partial charge in [-0.05, 0) is 18.1 Å². The van der Waals surface area contributed by atoms with Crippen molar-refractivity contribution in [2.24, 2.45) is 5.92 Å². The second-order valence-electron chi connectivity index (χ2n) is 5.19. The average Bonchev–Trinajstić information content (AvgIpc) is 2.37. The first-order valence-corrected chi connectivity index (χ1v) is 6.39. The van der Waals surface area contributed by atoms with Gasteiger partial charge in [-0.2, -0.15) is 0 Å². The lowest BCUT2D eigenvalue weighted by Gasteiger charge is -2.19. The van der Waals surface area contributed by atoms with Crippen LogP contribution in [-0.4, -0.2) is 29.4 Å². The Bertz CT molecular complexity index is 607. The van der Waals surface area contributed by atoms with Crippen LogP contribution in [0.4, 0.5) is 5.69 Å². The Balaban J connectivity index is 2.38. The van der Waals surface area contributed by atoms with E-state index in [2.05, 4.69) is 18.8 Å². The summed E-state index contributed by atoms with van der Waals surface area (Å²) in [6.07, 6.45) is 0. The number of carbonyl (C=O) groups is 1. The van der Waals surface area contributed by atoms with Gasteiger partial charge in [-0.3, -0.25) is 4.79 Å². The maximum atomic E-state index is 12.3. The first-order valence-electron chi connectivity index (χ1n) is 6.39. The van der Waals surface area contributed by atoms with Crippen molar-refractivity contribution in [3.8, 4) is 0 Å². The van der Waals surface area contributed by atoms with Crippen LogP contribution < -0.4 is 5.73 Å². The number of pyridine rings is 1. The standard InChI is InChI=1S/C15H19N3O/c1-10(2)9-18(3)15(19)14-8-12(16)11-6-4-5-7-13(11)17-14/h4-8,10H,9H2,1-3H3,(H2,16,17). The third kappa shape index (κ3) is 2.84. The second kappa shape index (κ2) is 5.26. The molecule has 0 saturated carbocycles. The molecular weight excluding hydrogens is 238 g/mol. The summed E-state index contributed by atoms with van der Waals surface area (Å²) in [7, 11) is 1.79. The van der Waals surface area contributed by atoms with E-state index in [9.17, 15) is 4.79 Å². The van der Waals surface area contributed by atoms with Crippen LogP contribution in [0.2, 0.25) is 0 Å². The van der Waals surface area contributed by atoms with Crippen LogP contribution in [0.1, 0.15) is 24.3 Å².